The molecule has 0 bridgehead atoms. The first-order chi connectivity index (χ1) is 7.77. The third kappa shape index (κ3) is 2.82. The SMILES string of the molecule is CC1CCCC(C)C1NCCn1ccnn1. The average molecular weight is 222 g/mol. The van der Waals surface area contributed by atoms with Crippen LogP contribution in [0.4, 0.5) is 0 Å². The Labute approximate surface area is 97.4 Å². The monoisotopic (exact) mass is 222 g/mol. The topological polar surface area (TPSA) is 42.7 Å². The lowest BCUT2D eigenvalue weighted by Gasteiger charge is -2.35. The molecule has 2 unspecified atom stereocenters. The van der Waals surface area contributed by atoms with E-state index in [1.165, 1.54) is 19.3 Å². The number of aromatic nitrogens is 3. The molecule has 0 aromatic carbocycles. The highest BCUT2D eigenvalue weighted by Crippen LogP contribution is 2.28. The number of hydrogen-bond acceptors (Lipinski definition) is 3. The first-order valence-electron chi connectivity index (χ1n) is 6.35. The Hall–Kier alpha value is -0.900. The van der Waals surface area contributed by atoms with Gasteiger partial charge in [-0.05, 0) is 24.7 Å². The van der Waals surface area contributed by atoms with Gasteiger partial charge in [-0.2, -0.15) is 0 Å². The van der Waals surface area contributed by atoms with Gasteiger partial charge in [-0.1, -0.05) is 25.5 Å². The predicted octanol–water partition coefficient (Wildman–Crippen LogP) is 1.69. The molecule has 0 aliphatic heterocycles. The molecule has 90 valence electrons. The van der Waals surface area contributed by atoms with Gasteiger partial charge >= 0.3 is 0 Å². The summed E-state index contributed by atoms with van der Waals surface area (Å²) in [5.74, 6) is 1.61. The lowest BCUT2D eigenvalue weighted by molar-refractivity contribution is 0.207. The number of nitrogens with one attached hydrogen (secondary N) is 1. The van der Waals surface area contributed by atoms with E-state index in [1.807, 2.05) is 10.9 Å². The summed E-state index contributed by atoms with van der Waals surface area (Å²) in [7, 11) is 0. The highest BCUT2D eigenvalue weighted by atomic mass is 15.4. The molecule has 0 radical (unpaired) electrons. The fraction of sp³-hybridized carbons (Fsp3) is 0.833. The van der Waals surface area contributed by atoms with Gasteiger partial charge in [0.15, 0.2) is 0 Å². The third-order valence-corrected chi connectivity index (χ3v) is 3.74. The van der Waals surface area contributed by atoms with E-state index in [2.05, 4.69) is 29.5 Å². The first-order valence-corrected chi connectivity index (χ1v) is 6.35. The van der Waals surface area contributed by atoms with Crippen LogP contribution >= 0.6 is 0 Å². The molecule has 0 amide bonds. The van der Waals surface area contributed by atoms with Gasteiger partial charge in [0.05, 0.1) is 12.7 Å². The van der Waals surface area contributed by atoms with Crippen LogP contribution in [-0.2, 0) is 6.54 Å². The Kier molecular flexibility index (Phi) is 3.93. The summed E-state index contributed by atoms with van der Waals surface area (Å²) in [5, 5.41) is 11.4. The maximum Gasteiger partial charge on any atom is 0.0692 e. The van der Waals surface area contributed by atoms with E-state index < -0.39 is 0 Å². The van der Waals surface area contributed by atoms with Gasteiger partial charge in [0, 0.05) is 18.8 Å². The van der Waals surface area contributed by atoms with E-state index in [0.29, 0.717) is 6.04 Å². The lowest BCUT2D eigenvalue weighted by atomic mass is 9.79. The van der Waals surface area contributed by atoms with Crippen LogP contribution in [0.3, 0.4) is 0 Å². The summed E-state index contributed by atoms with van der Waals surface area (Å²) in [5.41, 5.74) is 0. The van der Waals surface area contributed by atoms with Crippen molar-refractivity contribution in [2.45, 2.75) is 45.7 Å². The van der Waals surface area contributed by atoms with Crippen LogP contribution in [0.25, 0.3) is 0 Å². The first kappa shape index (κ1) is 11.6. The molecule has 1 aliphatic carbocycles. The summed E-state index contributed by atoms with van der Waals surface area (Å²) in [6.07, 6.45) is 7.77. The van der Waals surface area contributed by atoms with Crippen LogP contribution in [0.2, 0.25) is 0 Å². The van der Waals surface area contributed by atoms with Crippen molar-refractivity contribution in [3.05, 3.63) is 12.4 Å². The molecule has 1 aliphatic rings. The van der Waals surface area contributed by atoms with E-state index in [4.69, 9.17) is 0 Å². The van der Waals surface area contributed by atoms with E-state index in [9.17, 15) is 0 Å². The molecule has 16 heavy (non-hydrogen) atoms. The van der Waals surface area contributed by atoms with Gasteiger partial charge in [-0.25, -0.2) is 0 Å². The van der Waals surface area contributed by atoms with Crippen molar-refractivity contribution in [2.24, 2.45) is 11.8 Å². The standard InChI is InChI=1S/C12H22N4/c1-10-4-3-5-11(2)12(10)13-6-8-16-9-7-14-15-16/h7,9-13H,3-6,8H2,1-2H3. The molecule has 0 spiro atoms. The Morgan fingerprint density at radius 1 is 1.31 bits per heavy atom. The molecule has 1 heterocycles. The summed E-state index contributed by atoms with van der Waals surface area (Å²) in [6, 6.07) is 0.678. The van der Waals surface area contributed by atoms with Crippen LogP contribution in [0.1, 0.15) is 33.1 Å². The van der Waals surface area contributed by atoms with Gasteiger partial charge < -0.3 is 5.32 Å². The maximum absolute atomic E-state index is 3.96. The van der Waals surface area contributed by atoms with Crippen LogP contribution in [0.5, 0.6) is 0 Å². The molecular formula is C12H22N4. The second kappa shape index (κ2) is 5.43. The zero-order valence-electron chi connectivity index (χ0n) is 10.3. The smallest absolute Gasteiger partial charge is 0.0692 e. The molecule has 1 saturated carbocycles. The van der Waals surface area contributed by atoms with Gasteiger partial charge in [0.25, 0.3) is 0 Å². The summed E-state index contributed by atoms with van der Waals surface area (Å²) >= 11 is 0. The number of nitrogens with zero attached hydrogens (tertiary/aromatic N) is 3. The molecule has 1 aromatic rings. The van der Waals surface area contributed by atoms with E-state index in [-0.39, 0.29) is 0 Å². The second-order valence-corrected chi connectivity index (χ2v) is 5.03. The minimum absolute atomic E-state index is 0.678. The summed E-state index contributed by atoms with van der Waals surface area (Å²) in [4.78, 5) is 0. The zero-order valence-corrected chi connectivity index (χ0v) is 10.3. The Bertz CT molecular complexity index is 286. The van der Waals surface area contributed by atoms with Crippen molar-refractivity contribution in [1.82, 2.24) is 20.3 Å². The molecule has 1 fully saturated rings. The number of rotatable bonds is 4. The molecule has 1 N–H and O–H groups in total. The van der Waals surface area contributed by atoms with Crippen LogP contribution < -0.4 is 5.32 Å². The normalized spacial score (nSPS) is 30.5. The molecule has 0 saturated heterocycles. The van der Waals surface area contributed by atoms with Crippen molar-refractivity contribution in [1.29, 1.82) is 0 Å². The van der Waals surface area contributed by atoms with Gasteiger partial charge in [0.1, 0.15) is 0 Å². The molecule has 1 aromatic heterocycles. The van der Waals surface area contributed by atoms with Crippen molar-refractivity contribution in [3.63, 3.8) is 0 Å². The molecule has 4 nitrogen and oxygen atoms in total. The van der Waals surface area contributed by atoms with Crippen LogP contribution in [0.15, 0.2) is 12.4 Å². The Morgan fingerprint density at radius 2 is 2.06 bits per heavy atom. The van der Waals surface area contributed by atoms with Crippen molar-refractivity contribution < 1.29 is 0 Å². The van der Waals surface area contributed by atoms with Gasteiger partial charge in [0.2, 0.25) is 0 Å². The van der Waals surface area contributed by atoms with Crippen LogP contribution in [-0.4, -0.2) is 27.6 Å². The largest absolute Gasteiger partial charge is 0.312 e. The van der Waals surface area contributed by atoms with E-state index >= 15 is 0 Å². The second-order valence-electron chi connectivity index (χ2n) is 5.03. The summed E-state index contributed by atoms with van der Waals surface area (Å²) < 4.78 is 1.88. The van der Waals surface area contributed by atoms with Crippen molar-refractivity contribution in [2.75, 3.05) is 6.54 Å². The fourth-order valence-electron chi connectivity index (χ4n) is 2.78. The number of hydrogen-bond donors (Lipinski definition) is 1. The zero-order chi connectivity index (χ0) is 11.4. The van der Waals surface area contributed by atoms with Gasteiger partial charge in [-0.15, -0.1) is 5.10 Å². The highest BCUT2D eigenvalue weighted by Gasteiger charge is 2.26. The maximum atomic E-state index is 3.96. The fourth-order valence-corrected chi connectivity index (χ4v) is 2.78. The van der Waals surface area contributed by atoms with E-state index in [1.54, 1.807) is 6.20 Å². The Morgan fingerprint density at radius 3 is 2.69 bits per heavy atom. The minimum Gasteiger partial charge on any atom is -0.312 e. The quantitative estimate of drug-likeness (QED) is 0.843. The van der Waals surface area contributed by atoms with Crippen molar-refractivity contribution in [3.8, 4) is 0 Å². The predicted molar refractivity (Wildman–Crippen MR) is 64.0 cm³/mol. The van der Waals surface area contributed by atoms with Gasteiger partial charge in [-0.3, -0.25) is 4.68 Å². The van der Waals surface area contributed by atoms with E-state index in [0.717, 1.165) is 24.9 Å². The minimum atomic E-state index is 0.678. The Balaban J connectivity index is 1.75. The summed E-state index contributed by atoms with van der Waals surface area (Å²) in [6.45, 7) is 6.63. The molecule has 2 rings (SSSR count). The molecular weight excluding hydrogens is 200 g/mol. The molecule has 4 heteroatoms. The third-order valence-electron chi connectivity index (χ3n) is 3.74. The molecule has 2 atom stereocenters. The highest BCUT2D eigenvalue weighted by molar-refractivity contribution is 4.83. The van der Waals surface area contributed by atoms with Crippen molar-refractivity contribution >= 4 is 0 Å². The average Bonchev–Trinajstić information content (AvgIpc) is 2.75. The van der Waals surface area contributed by atoms with Crippen LogP contribution in [0, 0.1) is 11.8 Å². The lowest BCUT2D eigenvalue weighted by Crippen LogP contribution is -2.44.